The van der Waals surface area contributed by atoms with Gasteiger partial charge in [0, 0.05) is 62.4 Å². The van der Waals surface area contributed by atoms with Crippen molar-refractivity contribution in [3.63, 3.8) is 0 Å². The van der Waals surface area contributed by atoms with Gasteiger partial charge in [0.15, 0.2) is 0 Å². The van der Waals surface area contributed by atoms with Gasteiger partial charge >= 0.3 is 0 Å². The fourth-order valence-corrected chi connectivity index (χ4v) is 4.83. The second-order valence-electron chi connectivity index (χ2n) is 8.01. The van der Waals surface area contributed by atoms with Gasteiger partial charge in [-0.3, -0.25) is 14.8 Å². The standard InChI is InChI=1S/C23H26N4O/c1-16(28)26-12-9-18(10-13-26)27-14-11-22-21(15-27)23(25-24-22)20-8-4-6-17-5-2-3-7-19(17)20/h2-8,18H,9-15H2,1H3,(H,24,25). The number of likely N-dealkylation sites (tertiary alicyclic amines) is 1. The van der Waals surface area contributed by atoms with Crippen LogP contribution in [0.4, 0.5) is 0 Å². The Balaban J connectivity index is 1.42. The zero-order valence-corrected chi connectivity index (χ0v) is 16.3. The number of aromatic amines is 1. The molecular weight excluding hydrogens is 348 g/mol. The molecule has 144 valence electrons. The van der Waals surface area contributed by atoms with Crippen LogP contribution in [0, 0.1) is 0 Å². The van der Waals surface area contributed by atoms with Crippen LogP contribution < -0.4 is 0 Å². The zero-order valence-electron chi connectivity index (χ0n) is 16.3. The highest BCUT2D eigenvalue weighted by atomic mass is 16.2. The first-order valence-electron chi connectivity index (χ1n) is 10.2. The number of fused-ring (bicyclic) bond motifs is 2. The van der Waals surface area contributed by atoms with E-state index in [1.807, 2.05) is 4.90 Å². The number of rotatable bonds is 2. The van der Waals surface area contributed by atoms with E-state index >= 15 is 0 Å². The Morgan fingerprint density at radius 2 is 1.86 bits per heavy atom. The minimum absolute atomic E-state index is 0.201. The molecule has 1 N–H and O–H groups in total. The maximum atomic E-state index is 11.6. The number of H-pyrrole nitrogens is 1. The summed E-state index contributed by atoms with van der Waals surface area (Å²) < 4.78 is 0. The SMILES string of the molecule is CC(=O)N1CCC(N2CCc3[nH]nc(-c4cccc5ccccc45)c3C2)CC1. The van der Waals surface area contributed by atoms with Crippen LogP contribution in [0.25, 0.3) is 22.0 Å². The average Bonchev–Trinajstić information content (AvgIpc) is 3.16. The van der Waals surface area contributed by atoms with Crippen molar-refractivity contribution in [3.05, 3.63) is 53.7 Å². The molecular formula is C23H26N4O. The Kier molecular flexibility index (Phi) is 4.40. The van der Waals surface area contributed by atoms with Crippen molar-refractivity contribution < 1.29 is 4.79 Å². The van der Waals surface area contributed by atoms with Crippen molar-refractivity contribution in [1.29, 1.82) is 0 Å². The molecule has 0 atom stereocenters. The van der Waals surface area contributed by atoms with E-state index in [-0.39, 0.29) is 5.91 Å². The highest BCUT2D eigenvalue weighted by Crippen LogP contribution is 2.34. The lowest BCUT2D eigenvalue weighted by Crippen LogP contribution is -2.47. The first-order chi connectivity index (χ1) is 13.7. The third-order valence-electron chi connectivity index (χ3n) is 6.43. The molecule has 0 bridgehead atoms. The number of nitrogens with zero attached hydrogens (tertiary/aromatic N) is 3. The van der Waals surface area contributed by atoms with Gasteiger partial charge in [-0.05, 0) is 23.6 Å². The molecule has 1 fully saturated rings. The summed E-state index contributed by atoms with van der Waals surface area (Å²) in [5.41, 5.74) is 4.93. The first kappa shape index (κ1) is 17.4. The fraction of sp³-hybridized carbons (Fsp3) is 0.391. The average molecular weight is 374 g/mol. The molecule has 2 aromatic carbocycles. The van der Waals surface area contributed by atoms with E-state index in [0.29, 0.717) is 6.04 Å². The number of piperidine rings is 1. The maximum absolute atomic E-state index is 11.6. The highest BCUT2D eigenvalue weighted by Gasteiger charge is 2.30. The molecule has 2 aliphatic rings. The predicted octanol–water partition coefficient (Wildman–Crippen LogP) is 3.60. The largest absolute Gasteiger partial charge is 0.343 e. The van der Waals surface area contributed by atoms with E-state index in [0.717, 1.165) is 51.1 Å². The van der Waals surface area contributed by atoms with Crippen molar-refractivity contribution in [1.82, 2.24) is 20.0 Å². The third kappa shape index (κ3) is 3.00. The summed E-state index contributed by atoms with van der Waals surface area (Å²) in [4.78, 5) is 16.2. The lowest BCUT2D eigenvalue weighted by Gasteiger charge is -2.40. The first-order valence-corrected chi connectivity index (χ1v) is 10.2. The predicted molar refractivity (Wildman–Crippen MR) is 111 cm³/mol. The topological polar surface area (TPSA) is 52.2 Å². The Bertz CT molecular complexity index is 1010. The van der Waals surface area contributed by atoms with E-state index < -0.39 is 0 Å². The van der Waals surface area contributed by atoms with Crippen molar-refractivity contribution in [2.45, 2.75) is 38.8 Å². The van der Waals surface area contributed by atoms with Crippen molar-refractivity contribution >= 4 is 16.7 Å². The molecule has 0 saturated carbocycles. The van der Waals surface area contributed by atoms with E-state index in [9.17, 15) is 4.79 Å². The lowest BCUT2D eigenvalue weighted by molar-refractivity contribution is -0.130. The van der Waals surface area contributed by atoms with Crippen LogP contribution in [-0.2, 0) is 17.8 Å². The number of amides is 1. The Hall–Kier alpha value is -2.66. The van der Waals surface area contributed by atoms with Gasteiger partial charge < -0.3 is 4.90 Å². The summed E-state index contributed by atoms with van der Waals surface area (Å²) in [5, 5.41) is 10.5. The van der Waals surface area contributed by atoms with E-state index in [1.54, 1.807) is 6.92 Å². The summed E-state index contributed by atoms with van der Waals surface area (Å²) in [6.07, 6.45) is 3.15. The van der Waals surface area contributed by atoms with Gasteiger partial charge in [-0.15, -0.1) is 0 Å². The Labute approximate surface area is 165 Å². The summed E-state index contributed by atoms with van der Waals surface area (Å²) in [6, 6.07) is 15.5. The summed E-state index contributed by atoms with van der Waals surface area (Å²) in [5.74, 6) is 0.201. The van der Waals surface area contributed by atoms with Gasteiger partial charge in [-0.2, -0.15) is 5.10 Å². The summed E-state index contributed by atoms with van der Waals surface area (Å²) in [6.45, 7) is 5.44. The molecule has 28 heavy (non-hydrogen) atoms. The van der Waals surface area contributed by atoms with Crippen LogP contribution in [0.2, 0.25) is 0 Å². The zero-order chi connectivity index (χ0) is 19.1. The van der Waals surface area contributed by atoms with E-state index in [2.05, 4.69) is 52.5 Å². The van der Waals surface area contributed by atoms with Crippen LogP contribution in [0.5, 0.6) is 0 Å². The quantitative estimate of drug-likeness (QED) is 0.746. The van der Waals surface area contributed by atoms with Gasteiger partial charge in [0.25, 0.3) is 0 Å². The van der Waals surface area contributed by atoms with Gasteiger partial charge in [0.1, 0.15) is 0 Å². The van der Waals surface area contributed by atoms with E-state index in [4.69, 9.17) is 5.10 Å². The molecule has 1 saturated heterocycles. The molecule has 0 unspecified atom stereocenters. The monoisotopic (exact) mass is 374 g/mol. The smallest absolute Gasteiger partial charge is 0.219 e. The van der Waals surface area contributed by atoms with Crippen molar-refractivity contribution in [2.24, 2.45) is 0 Å². The number of benzene rings is 2. The van der Waals surface area contributed by atoms with Crippen LogP contribution in [-0.4, -0.2) is 51.6 Å². The van der Waals surface area contributed by atoms with E-state index in [1.165, 1.54) is 27.6 Å². The summed E-state index contributed by atoms with van der Waals surface area (Å²) in [7, 11) is 0. The molecule has 3 aromatic rings. The van der Waals surface area contributed by atoms with Crippen LogP contribution in [0.3, 0.4) is 0 Å². The van der Waals surface area contributed by atoms with Crippen LogP contribution in [0.1, 0.15) is 31.0 Å². The second-order valence-corrected chi connectivity index (χ2v) is 8.01. The minimum atomic E-state index is 0.201. The molecule has 5 heteroatoms. The van der Waals surface area contributed by atoms with Crippen molar-refractivity contribution in [3.8, 4) is 11.3 Å². The number of nitrogens with one attached hydrogen (secondary N) is 1. The maximum Gasteiger partial charge on any atom is 0.219 e. The third-order valence-corrected chi connectivity index (χ3v) is 6.43. The summed E-state index contributed by atoms with van der Waals surface area (Å²) >= 11 is 0. The normalized spacial score (nSPS) is 18.4. The minimum Gasteiger partial charge on any atom is -0.343 e. The van der Waals surface area contributed by atoms with Gasteiger partial charge in [-0.25, -0.2) is 0 Å². The Morgan fingerprint density at radius 1 is 1.07 bits per heavy atom. The molecule has 5 nitrogen and oxygen atoms in total. The molecule has 2 aliphatic heterocycles. The molecule has 0 radical (unpaired) electrons. The number of hydrogen-bond acceptors (Lipinski definition) is 3. The Morgan fingerprint density at radius 3 is 2.68 bits per heavy atom. The fourth-order valence-electron chi connectivity index (χ4n) is 4.83. The molecule has 1 aromatic heterocycles. The number of hydrogen-bond donors (Lipinski definition) is 1. The molecule has 0 aliphatic carbocycles. The molecule has 5 rings (SSSR count). The van der Waals surface area contributed by atoms with Crippen LogP contribution in [0.15, 0.2) is 42.5 Å². The highest BCUT2D eigenvalue weighted by molar-refractivity contribution is 5.96. The van der Waals surface area contributed by atoms with Crippen molar-refractivity contribution in [2.75, 3.05) is 19.6 Å². The molecule has 0 spiro atoms. The van der Waals surface area contributed by atoms with Gasteiger partial charge in [-0.1, -0.05) is 42.5 Å². The lowest BCUT2D eigenvalue weighted by atomic mass is 9.94. The number of aromatic nitrogens is 2. The second kappa shape index (κ2) is 7.06. The molecule has 1 amide bonds. The molecule has 3 heterocycles. The van der Waals surface area contributed by atoms with Crippen LogP contribution >= 0.6 is 0 Å². The number of carbonyl (C=O) groups excluding carboxylic acids is 1. The number of carbonyl (C=O) groups is 1. The van der Waals surface area contributed by atoms with Gasteiger partial charge in [0.05, 0.1) is 5.69 Å². The van der Waals surface area contributed by atoms with Gasteiger partial charge in [0.2, 0.25) is 5.91 Å².